The van der Waals surface area contributed by atoms with Gasteiger partial charge < -0.3 is 15.0 Å². The highest BCUT2D eigenvalue weighted by Crippen LogP contribution is 2.13. The minimum atomic E-state index is -0.210. The summed E-state index contributed by atoms with van der Waals surface area (Å²) in [5, 5.41) is 7.09. The second-order valence-electron chi connectivity index (χ2n) is 5.54. The first-order chi connectivity index (χ1) is 10.6. The minimum Gasteiger partial charge on any atom is -0.382 e. The first-order valence-corrected chi connectivity index (χ1v) is 7.65. The number of ether oxygens (including phenoxy) is 1. The quantitative estimate of drug-likeness (QED) is 0.764. The summed E-state index contributed by atoms with van der Waals surface area (Å²) in [4.78, 5) is 25.4. The van der Waals surface area contributed by atoms with Gasteiger partial charge >= 0.3 is 0 Å². The van der Waals surface area contributed by atoms with Crippen molar-refractivity contribution in [2.75, 3.05) is 26.8 Å². The Balaban J connectivity index is 1.78. The zero-order valence-electron chi connectivity index (χ0n) is 13.2. The summed E-state index contributed by atoms with van der Waals surface area (Å²) in [6.45, 7) is 1.88. The molecule has 1 fully saturated rings. The number of hydrogen-bond acceptors (Lipinski definition) is 4. The van der Waals surface area contributed by atoms with E-state index in [9.17, 15) is 9.59 Å². The van der Waals surface area contributed by atoms with Crippen LogP contribution >= 0.6 is 0 Å². The van der Waals surface area contributed by atoms with E-state index in [1.54, 1.807) is 18.0 Å². The monoisotopic (exact) mass is 308 g/mol. The van der Waals surface area contributed by atoms with Crippen molar-refractivity contribution in [2.45, 2.75) is 31.7 Å². The van der Waals surface area contributed by atoms with Crippen LogP contribution in [0.25, 0.3) is 0 Å². The van der Waals surface area contributed by atoms with Crippen LogP contribution < -0.4 is 5.32 Å². The van der Waals surface area contributed by atoms with Crippen molar-refractivity contribution in [2.24, 2.45) is 7.05 Å². The molecule has 0 unspecified atom stereocenters. The Morgan fingerprint density at radius 3 is 2.95 bits per heavy atom. The van der Waals surface area contributed by atoms with Crippen molar-refractivity contribution < 1.29 is 14.3 Å². The molecule has 0 radical (unpaired) electrons. The second kappa shape index (κ2) is 7.93. The average Bonchev–Trinajstić information content (AvgIpc) is 3.07. The zero-order chi connectivity index (χ0) is 15.9. The summed E-state index contributed by atoms with van der Waals surface area (Å²) in [6, 6.07) is 1.66. The lowest BCUT2D eigenvalue weighted by Crippen LogP contribution is -2.33. The number of aryl methyl sites for hydroxylation is 1. The molecule has 1 aliphatic rings. The van der Waals surface area contributed by atoms with Gasteiger partial charge in [-0.3, -0.25) is 14.3 Å². The molecule has 1 aliphatic heterocycles. The summed E-state index contributed by atoms with van der Waals surface area (Å²) in [6.07, 6.45) is 4.36. The lowest BCUT2D eigenvalue weighted by Gasteiger charge is -2.19. The number of methoxy groups -OCH3 is 1. The lowest BCUT2D eigenvalue weighted by molar-refractivity contribution is -0.128. The molecule has 0 saturated carbocycles. The minimum absolute atomic E-state index is 0.0325. The average molecular weight is 308 g/mol. The maximum absolute atomic E-state index is 12.1. The third-order valence-electron chi connectivity index (χ3n) is 3.89. The van der Waals surface area contributed by atoms with E-state index in [1.165, 1.54) is 0 Å². The number of rotatable bonds is 8. The Kier molecular flexibility index (Phi) is 5.94. The number of nitrogens with one attached hydrogen (secondary N) is 1. The van der Waals surface area contributed by atoms with Gasteiger partial charge in [-0.1, -0.05) is 0 Å². The van der Waals surface area contributed by atoms with Gasteiger partial charge in [0.15, 0.2) is 0 Å². The molecular weight excluding hydrogens is 284 g/mol. The van der Waals surface area contributed by atoms with E-state index in [0.717, 1.165) is 18.7 Å². The van der Waals surface area contributed by atoms with Gasteiger partial charge in [0.1, 0.15) is 0 Å². The van der Waals surface area contributed by atoms with Crippen molar-refractivity contribution in [3.05, 3.63) is 18.0 Å². The van der Waals surface area contributed by atoms with Crippen LogP contribution in [-0.2, 0) is 21.4 Å². The van der Waals surface area contributed by atoms with Crippen LogP contribution in [0.2, 0.25) is 0 Å². The summed E-state index contributed by atoms with van der Waals surface area (Å²) in [5.74, 6) is 0.169. The molecule has 122 valence electrons. The number of carbonyl (C=O) groups excluding carboxylic acids is 2. The van der Waals surface area contributed by atoms with Crippen LogP contribution in [0.15, 0.2) is 12.3 Å². The standard InChI is InChI=1S/C15H24N4O3/c1-18-13(7-8-16-18)12(11-22-2)17-14(20)5-3-9-19-10-4-6-15(19)21/h7-8,12H,3-6,9-11H2,1-2H3,(H,17,20)/t12-/m1/s1. The molecule has 22 heavy (non-hydrogen) atoms. The largest absolute Gasteiger partial charge is 0.382 e. The van der Waals surface area contributed by atoms with Gasteiger partial charge in [0.05, 0.1) is 18.3 Å². The summed E-state index contributed by atoms with van der Waals surface area (Å²) >= 11 is 0. The van der Waals surface area contributed by atoms with Crippen molar-refractivity contribution in [3.63, 3.8) is 0 Å². The highest BCUT2D eigenvalue weighted by Gasteiger charge is 2.21. The van der Waals surface area contributed by atoms with Crippen LogP contribution in [-0.4, -0.2) is 53.3 Å². The van der Waals surface area contributed by atoms with Crippen LogP contribution in [0.4, 0.5) is 0 Å². The maximum atomic E-state index is 12.1. The van der Waals surface area contributed by atoms with Gasteiger partial charge in [-0.25, -0.2) is 0 Å². The van der Waals surface area contributed by atoms with Gasteiger partial charge in [0.25, 0.3) is 0 Å². The maximum Gasteiger partial charge on any atom is 0.222 e. The van der Waals surface area contributed by atoms with Gasteiger partial charge in [-0.05, 0) is 18.9 Å². The van der Waals surface area contributed by atoms with Gasteiger partial charge in [0.2, 0.25) is 11.8 Å². The number of carbonyl (C=O) groups is 2. The molecule has 1 N–H and O–H groups in total. The lowest BCUT2D eigenvalue weighted by atomic mass is 10.2. The van der Waals surface area contributed by atoms with Crippen LogP contribution in [0.5, 0.6) is 0 Å². The molecular formula is C15H24N4O3. The second-order valence-corrected chi connectivity index (χ2v) is 5.54. The van der Waals surface area contributed by atoms with E-state index >= 15 is 0 Å². The molecule has 1 aromatic rings. The van der Waals surface area contributed by atoms with E-state index < -0.39 is 0 Å². The molecule has 1 atom stereocenters. The van der Waals surface area contributed by atoms with Crippen molar-refractivity contribution in [3.8, 4) is 0 Å². The fourth-order valence-corrected chi connectivity index (χ4v) is 2.73. The predicted molar refractivity (Wildman–Crippen MR) is 81.0 cm³/mol. The molecule has 7 nitrogen and oxygen atoms in total. The zero-order valence-corrected chi connectivity index (χ0v) is 13.2. The van der Waals surface area contributed by atoms with Crippen molar-refractivity contribution in [1.29, 1.82) is 0 Å². The van der Waals surface area contributed by atoms with Crippen molar-refractivity contribution in [1.82, 2.24) is 20.0 Å². The summed E-state index contributed by atoms with van der Waals surface area (Å²) in [5.41, 5.74) is 0.907. The Labute approximate surface area is 130 Å². The third-order valence-corrected chi connectivity index (χ3v) is 3.89. The summed E-state index contributed by atoms with van der Waals surface area (Å²) in [7, 11) is 3.44. The molecule has 0 spiro atoms. The fraction of sp³-hybridized carbons (Fsp3) is 0.667. The molecule has 1 saturated heterocycles. The Hall–Kier alpha value is -1.89. The topological polar surface area (TPSA) is 76.5 Å². The number of nitrogens with zero attached hydrogens (tertiary/aromatic N) is 3. The van der Waals surface area contributed by atoms with E-state index in [0.29, 0.717) is 32.4 Å². The highest BCUT2D eigenvalue weighted by atomic mass is 16.5. The molecule has 7 heteroatoms. The van der Waals surface area contributed by atoms with Crippen molar-refractivity contribution >= 4 is 11.8 Å². The SMILES string of the molecule is COC[C@@H](NC(=O)CCCN1CCCC1=O)c1ccnn1C. The first kappa shape index (κ1) is 16.5. The van der Waals surface area contributed by atoms with Crippen LogP contribution in [0.1, 0.15) is 37.4 Å². The third kappa shape index (κ3) is 4.30. The molecule has 0 bridgehead atoms. The van der Waals surface area contributed by atoms with E-state index in [1.807, 2.05) is 18.0 Å². The van der Waals surface area contributed by atoms with E-state index in [4.69, 9.17) is 4.74 Å². The molecule has 2 amide bonds. The number of aromatic nitrogens is 2. The highest BCUT2D eigenvalue weighted by molar-refractivity contribution is 5.78. The normalized spacial score (nSPS) is 16.1. The first-order valence-electron chi connectivity index (χ1n) is 7.65. The van der Waals surface area contributed by atoms with Gasteiger partial charge in [-0.2, -0.15) is 5.10 Å². The summed E-state index contributed by atoms with van der Waals surface area (Å²) < 4.78 is 6.90. The Morgan fingerprint density at radius 1 is 1.55 bits per heavy atom. The van der Waals surface area contributed by atoms with Gasteiger partial charge in [0, 0.05) is 46.3 Å². The molecule has 2 rings (SSSR count). The number of likely N-dealkylation sites (tertiary alicyclic amines) is 1. The Bertz CT molecular complexity index is 515. The van der Waals surface area contributed by atoms with Crippen LogP contribution in [0, 0.1) is 0 Å². The van der Waals surface area contributed by atoms with E-state index in [-0.39, 0.29) is 17.9 Å². The Morgan fingerprint density at radius 2 is 2.36 bits per heavy atom. The smallest absolute Gasteiger partial charge is 0.222 e. The fourth-order valence-electron chi connectivity index (χ4n) is 2.73. The molecule has 0 aromatic carbocycles. The van der Waals surface area contributed by atoms with Crippen LogP contribution in [0.3, 0.4) is 0 Å². The molecule has 1 aromatic heterocycles. The molecule has 2 heterocycles. The molecule has 0 aliphatic carbocycles. The predicted octanol–water partition coefficient (Wildman–Crippen LogP) is 0.626. The number of hydrogen-bond donors (Lipinski definition) is 1. The number of amides is 2. The van der Waals surface area contributed by atoms with Gasteiger partial charge in [-0.15, -0.1) is 0 Å². The van der Waals surface area contributed by atoms with E-state index in [2.05, 4.69) is 10.4 Å².